The SMILES string of the molecule is Cc1noc(C)c1CN(C)C(=O)c1cc(F)ccc1OCCN. The number of hydrogen-bond acceptors (Lipinski definition) is 5. The van der Waals surface area contributed by atoms with Crippen molar-refractivity contribution in [2.45, 2.75) is 20.4 Å². The van der Waals surface area contributed by atoms with Crippen LogP contribution in [0.25, 0.3) is 0 Å². The zero-order valence-electron chi connectivity index (χ0n) is 13.4. The minimum Gasteiger partial charge on any atom is -0.491 e. The van der Waals surface area contributed by atoms with Gasteiger partial charge in [-0.15, -0.1) is 0 Å². The molecule has 0 atom stereocenters. The molecule has 0 saturated carbocycles. The minimum atomic E-state index is -0.501. The molecule has 1 heterocycles. The molecule has 0 bridgehead atoms. The molecule has 0 aliphatic heterocycles. The highest BCUT2D eigenvalue weighted by molar-refractivity contribution is 5.96. The van der Waals surface area contributed by atoms with E-state index in [1.165, 1.54) is 17.0 Å². The van der Waals surface area contributed by atoms with E-state index in [4.69, 9.17) is 15.0 Å². The highest BCUT2D eigenvalue weighted by Gasteiger charge is 2.20. The molecular formula is C16H20FN3O3. The zero-order chi connectivity index (χ0) is 17.0. The van der Waals surface area contributed by atoms with Crippen LogP contribution in [0.1, 0.15) is 27.4 Å². The molecule has 0 spiro atoms. The van der Waals surface area contributed by atoms with Crippen LogP contribution < -0.4 is 10.5 Å². The summed E-state index contributed by atoms with van der Waals surface area (Å²) >= 11 is 0. The molecule has 124 valence electrons. The first kappa shape index (κ1) is 17.0. The standard InChI is InChI=1S/C16H20FN3O3/c1-10-14(11(2)23-19-10)9-20(3)16(21)13-8-12(17)4-5-15(13)22-7-6-18/h4-5,8H,6-7,9,18H2,1-3H3. The van der Waals surface area contributed by atoms with Crippen molar-refractivity contribution in [3.63, 3.8) is 0 Å². The number of rotatable bonds is 6. The molecule has 2 N–H and O–H groups in total. The zero-order valence-corrected chi connectivity index (χ0v) is 13.4. The molecule has 1 aromatic carbocycles. The highest BCUT2D eigenvalue weighted by atomic mass is 19.1. The average molecular weight is 321 g/mol. The fourth-order valence-corrected chi connectivity index (χ4v) is 2.21. The fourth-order valence-electron chi connectivity index (χ4n) is 2.21. The van der Waals surface area contributed by atoms with Gasteiger partial charge in [0, 0.05) is 19.2 Å². The summed E-state index contributed by atoms with van der Waals surface area (Å²) < 4.78 is 24.0. The van der Waals surface area contributed by atoms with Crippen LogP contribution in [0.4, 0.5) is 4.39 Å². The van der Waals surface area contributed by atoms with E-state index < -0.39 is 5.82 Å². The van der Waals surface area contributed by atoms with Crippen LogP contribution in [0.5, 0.6) is 5.75 Å². The van der Waals surface area contributed by atoms with Crippen LogP contribution in [-0.2, 0) is 6.54 Å². The van der Waals surface area contributed by atoms with Crippen molar-refractivity contribution in [1.29, 1.82) is 0 Å². The third-order valence-electron chi connectivity index (χ3n) is 3.47. The summed E-state index contributed by atoms with van der Waals surface area (Å²) in [6.45, 7) is 4.46. The van der Waals surface area contributed by atoms with Gasteiger partial charge < -0.3 is 19.9 Å². The summed E-state index contributed by atoms with van der Waals surface area (Å²) in [5.41, 5.74) is 7.12. The second-order valence-electron chi connectivity index (χ2n) is 5.24. The molecular weight excluding hydrogens is 301 g/mol. The summed E-state index contributed by atoms with van der Waals surface area (Å²) in [6.07, 6.45) is 0. The lowest BCUT2D eigenvalue weighted by Gasteiger charge is -2.19. The Hall–Kier alpha value is -2.41. The number of ether oxygens (including phenoxy) is 1. The Bertz CT molecular complexity index is 680. The van der Waals surface area contributed by atoms with Crippen molar-refractivity contribution in [1.82, 2.24) is 10.1 Å². The molecule has 2 aromatic rings. The largest absolute Gasteiger partial charge is 0.491 e. The van der Waals surface area contributed by atoms with Crippen molar-refractivity contribution in [3.8, 4) is 5.75 Å². The predicted molar refractivity (Wildman–Crippen MR) is 82.7 cm³/mol. The third kappa shape index (κ3) is 3.87. The highest BCUT2D eigenvalue weighted by Crippen LogP contribution is 2.23. The van der Waals surface area contributed by atoms with E-state index in [2.05, 4.69) is 5.16 Å². The van der Waals surface area contributed by atoms with E-state index in [0.717, 1.165) is 17.3 Å². The Morgan fingerprint density at radius 1 is 1.43 bits per heavy atom. The van der Waals surface area contributed by atoms with Crippen molar-refractivity contribution in [2.75, 3.05) is 20.2 Å². The van der Waals surface area contributed by atoms with Crippen LogP contribution in [0.2, 0.25) is 0 Å². The summed E-state index contributed by atoms with van der Waals surface area (Å²) in [5, 5.41) is 3.86. The van der Waals surface area contributed by atoms with Gasteiger partial charge in [0.05, 0.1) is 17.8 Å². The van der Waals surface area contributed by atoms with E-state index in [1.54, 1.807) is 14.0 Å². The lowest BCUT2D eigenvalue weighted by molar-refractivity contribution is 0.0779. The smallest absolute Gasteiger partial charge is 0.257 e. The summed E-state index contributed by atoms with van der Waals surface area (Å²) in [7, 11) is 1.63. The van der Waals surface area contributed by atoms with Gasteiger partial charge in [0.2, 0.25) is 0 Å². The number of nitrogens with two attached hydrogens (primary N) is 1. The average Bonchev–Trinajstić information content (AvgIpc) is 2.84. The van der Waals surface area contributed by atoms with Gasteiger partial charge in [-0.3, -0.25) is 4.79 Å². The number of carbonyl (C=O) groups is 1. The molecule has 2 rings (SSSR count). The molecule has 7 heteroatoms. The van der Waals surface area contributed by atoms with Gasteiger partial charge in [0.15, 0.2) is 0 Å². The second-order valence-corrected chi connectivity index (χ2v) is 5.24. The monoisotopic (exact) mass is 321 g/mol. The summed E-state index contributed by atoms with van der Waals surface area (Å²) in [5.74, 6) is 0.115. The van der Waals surface area contributed by atoms with Crippen LogP contribution in [0, 0.1) is 19.7 Å². The normalized spacial score (nSPS) is 10.7. The number of carbonyl (C=O) groups excluding carboxylic acids is 1. The quantitative estimate of drug-likeness (QED) is 0.880. The maximum atomic E-state index is 13.5. The maximum Gasteiger partial charge on any atom is 0.257 e. The Balaban J connectivity index is 2.23. The number of nitrogens with zero attached hydrogens (tertiary/aromatic N) is 2. The lowest BCUT2D eigenvalue weighted by Crippen LogP contribution is -2.27. The van der Waals surface area contributed by atoms with Crippen molar-refractivity contribution in [3.05, 3.63) is 46.6 Å². The Labute approximate surface area is 134 Å². The van der Waals surface area contributed by atoms with Gasteiger partial charge in [0.1, 0.15) is 23.9 Å². The molecule has 6 nitrogen and oxygen atoms in total. The topological polar surface area (TPSA) is 81.6 Å². The second kappa shape index (κ2) is 7.23. The molecule has 0 aliphatic carbocycles. The maximum absolute atomic E-state index is 13.5. The van der Waals surface area contributed by atoms with E-state index in [0.29, 0.717) is 24.6 Å². The van der Waals surface area contributed by atoms with Crippen LogP contribution in [0.15, 0.2) is 22.7 Å². The van der Waals surface area contributed by atoms with Gasteiger partial charge in [-0.1, -0.05) is 5.16 Å². The van der Waals surface area contributed by atoms with Crippen LogP contribution >= 0.6 is 0 Å². The Morgan fingerprint density at radius 3 is 2.78 bits per heavy atom. The van der Waals surface area contributed by atoms with Gasteiger partial charge in [0.25, 0.3) is 5.91 Å². The van der Waals surface area contributed by atoms with Gasteiger partial charge in [-0.2, -0.15) is 0 Å². The van der Waals surface area contributed by atoms with Gasteiger partial charge in [-0.25, -0.2) is 4.39 Å². The van der Waals surface area contributed by atoms with E-state index in [1.807, 2.05) is 6.92 Å². The van der Waals surface area contributed by atoms with E-state index in [-0.39, 0.29) is 18.1 Å². The first-order valence-electron chi connectivity index (χ1n) is 7.23. The number of hydrogen-bond donors (Lipinski definition) is 1. The number of amides is 1. The molecule has 1 amide bonds. The molecule has 0 aliphatic rings. The molecule has 0 saturated heterocycles. The van der Waals surface area contributed by atoms with Gasteiger partial charge >= 0.3 is 0 Å². The van der Waals surface area contributed by atoms with Crippen LogP contribution in [-0.4, -0.2) is 36.2 Å². The minimum absolute atomic E-state index is 0.160. The predicted octanol–water partition coefficient (Wildman–Crippen LogP) is 2.04. The molecule has 1 aromatic heterocycles. The fraction of sp³-hybridized carbons (Fsp3) is 0.375. The molecule has 0 radical (unpaired) electrons. The Morgan fingerprint density at radius 2 is 2.17 bits per heavy atom. The summed E-state index contributed by atoms with van der Waals surface area (Å²) in [6, 6.07) is 3.84. The van der Waals surface area contributed by atoms with Gasteiger partial charge in [-0.05, 0) is 32.0 Å². The number of halogens is 1. The van der Waals surface area contributed by atoms with E-state index >= 15 is 0 Å². The van der Waals surface area contributed by atoms with Crippen molar-refractivity contribution in [2.24, 2.45) is 5.73 Å². The first-order chi connectivity index (χ1) is 10.9. The number of aromatic nitrogens is 1. The number of aryl methyl sites for hydroxylation is 2. The van der Waals surface area contributed by atoms with Crippen molar-refractivity contribution >= 4 is 5.91 Å². The lowest BCUT2D eigenvalue weighted by atomic mass is 10.1. The molecule has 0 unspecified atom stereocenters. The third-order valence-corrected chi connectivity index (χ3v) is 3.47. The van der Waals surface area contributed by atoms with Crippen molar-refractivity contribution < 1.29 is 18.4 Å². The first-order valence-corrected chi connectivity index (χ1v) is 7.23. The van der Waals surface area contributed by atoms with E-state index in [9.17, 15) is 9.18 Å². The molecule has 23 heavy (non-hydrogen) atoms. The van der Waals surface area contributed by atoms with Crippen LogP contribution in [0.3, 0.4) is 0 Å². The number of benzene rings is 1. The molecule has 0 fully saturated rings. The summed E-state index contributed by atoms with van der Waals surface area (Å²) in [4.78, 5) is 14.1. The Kier molecular flexibility index (Phi) is 5.33.